The van der Waals surface area contributed by atoms with Gasteiger partial charge < -0.3 is 15.4 Å². The van der Waals surface area contributed by atoms with Gasteiger partial charge in [-0.2, -0.15) is 0 Å². The fourth-order valence-electron chi connectivity index (χ4n) is 2.53. The first-order valence-electron chi connectivity index (χ1n) is 7.50. The second-order valence-electron chi connectivity index (χ2n) is 5.21. The van der Waals surface area contributed by atoms with E-state index in [1.54, 1.807) is 0 Å². The largest absolute Gasteiger partial charge is 0.491 e. The van der Waals surface area contributed by atoms with Crippen LogP contribution in [0.2, 0.25) is 0 Å². The minimum absolute atomic E-state index is 0.264. The minimum Gasteiger partial charge on any atom is -0.491 e. The highest BCUT2D eigenvalue weighted by molar-refractivity contribution is 5.76. The summed E-state index contributed by atoms with van der Waals surface area (Å²) in [4.78, 5) is 13.9. The van der Waals surface area contributed by atoms with Gasteiger partial charge in [0.15, 0.2) is 0 Å². The lowest BCUT2D eigenvalue weighted by atomic mass is 10.1. The van der Waals surface area contributed by atoms with Crippen LogP contribution in [-0.4, -0.2) is 30.5 Å². The maximum absolute atomic E-state index is 12.0. The van der Waals surface area contributed by atoms with Gasteiger partial charge in [-0.1, -0.05) is 31.0 Å². The van der Waals surface area contributed by atoms with Crippen LogP contribution >= 0.6 is 0 Å². The molecule has 0 atom stereocenters. The summed E-state index contributed by atoms with van der Waals surface area (Å²) in [7, 11) is 0. The number of benzene rings is 1. The summed E-state index contributed by atoms with van der Waals surface area (Å²) in [5, 5.41) is 0. The SMILES string of the molecule is NCc1ccccc1OCCN1CCCCCCC1=O. The average molecular weight is 276 g/mol. The van der Waals surface area contributed by atoms with Crippen molar-refractivity contribution in [2.75, 3.05) is 19.7 Å². The number of hydrogen-bond acceptors (Lipinski definition) is 3. The normalized spacial score (nSPS) is 16.6. The third kappa shape index (κ3) is 4.23. The number of nitrogens with two attached hydrogens (primary N) is 1. The fourth-order valence-corrected chi connectivity index (χ4v) is 2.53. The summed E-state index contributed by atoms with van der Waals surface area (Å²) in [6.07, 6.45) is 5.21. The van der Waals surface area contributed by atoms with Crippen LogP contribution in [0.3, 0.4) is 0 Å². The van der Waals surface area contributed by atoms with E-state index in [2.05, 4.69) is 0 Å². The summed E-state index contributed by atoms with van der Waals surface area (Å²) >= 11 is 0. The molecule has 1 fully saturated rings. The molecule has 20 heavy (non-hydrogen) atoms. The van der Waals surface area contributed by atoms with Gasteiger partial charge in [-0.15, -0.1) is 0 Å². The molecule has 1 heterocycles. The van der Waals surface area contributed by atoms with E-state index < -0.39 is 0 Å². The van der Waals surface area contributed by atoms with Gasteiger partial charge in [-0.05, 0) is 18.9 Å². The van der Waals surface area contributed by atoms with Crippen molar-refractivity contribution in [2.45, 2.75) is 38.6 Å². The van der Waals surface area contributed by atoms with Crippen molar-refractivity contribution in [3.63, 3.8) is 0 Å². The quantitative estimate of drug-likeness (QED) is 0.898. The Bertz CT molecular complexity index is 434. The average Bonchev–Trinajstić information content (AvgIpc) is 2.46. The van der Waals surface area contributed by atoms with Crippen molar-refractivity contribution in [1.29, 1.82) is 0 Å². The molecule has 4 heteroatoms. The van der Waals surface area contributed by atoms with Crippen molar-refractivity contribution >= 4 is 5.91 Å². The molecule has 110 valence electrons. The molecule has 1 aliphatic rings. The molecule has 0 aliphatic carbocycles. The van der Waals surface area contributed by atoms with Crippen LogP contribution in [0.5, 0.6) is 5.75 Å². The van der Waals surface area contributed by atoms with Crippen LogP contribution < -0.4 is 10.5 Å². The molecule has 0 radical (unpaired) electrons. The third-order valence-electron chi connectivity index (χ3n) is 3.73. The van der Waals surface area contributed by atoms with E-state index >= 15 is 0 Å². The highest BCUT2D eigenvalue weighted by atomic mass is 16.5. The molecule has 1 saturated heterocycles. The standard InChI is InChI=1S/C16H24N2O2/c17-13-14-7-4-5-8-15(14)20-12-11-18-10-6-2-1-3-9-16(18)19/h4-5,7-8H,1-3,6,9-13,17H2. The molecule has 2 N–H and O–H groups in total. The summed E-state index contributed by atoms with van der Waals surface area (Å²) in [6.45, 7) is 2.53. The molecule has 1 aliphatic heterocycles. The molecule has 0 aromatic heterocycles. The number of carbonyl (C=O) groups is 1. The van der Waals surface area contributed by atoms with E-state index in [4.69, 9.17) is 10.5 Å². The molecular formula is C16H24N2O2. The van der Waals surface area contributed by atoms with Gasteiger partial charge >= 0.3 is 0 Å². The molecule has 0 unspecified atom stereocenters. The number of ether oxygens (including phenoxy) is 1. The lowest BCUT2D eigenvalue weighted by molar-refractivity contribution is -0.132. The van der Waals surface area contributed by atoms with E-state index in [9.17, 15) is 4.79 Å². The summed E-state index contributed by atoms with van der Waals surface area (Å²) in [5.74, 6) is 1.09. The van der Waals surface area contributed by atoms with Crippen molar-refractivity contribution < 1.29 is 9.53 Å². The molecule has 1 amide bonds. The van der Waals surface area contributed by atoms with Crippen LogP contribution in [0.25, 0.3) is 0 Å². The summed E-state index contributed by atoms with van der Waals surface area (Å²) < 4.78 is 5.78. The zero-order valence-electron chi connectivity index (χ0n) is 12.0. The van der Waals surface area contributed by atoms with Crippen LogP contribution in [0.15, 0.2) is 24.3 Å². The Hall–Kier alpha value is -1.55. The van der Waals surface area contributed by atoms with Gasteiger partial charge in [0.25, 0.3) is 0 Å². The van der Waals surface area contributed by atoms with Gasteiger partial charge in [-0.3, -0.25) is 4.79 Å². The second kappa shape index (κ2) is 7.90. The molecule has 1 aromatic rings. The Kier molecular flexibility index (Phi) is 5.87. The van der Waals surface area contributed by atoms with E-state index in [1.807, 2.05) is 29.2 Å². The van der Waals surface area contributed by atoms with Gasteiger partial charge in [0.2, 0.25) is 5.91 Å². The summed E-state index contributed by atoms with van der Waals surface area (Å²) in [6, 6.07) is 7.79. The number of nitrogens with zero attached hydrogens (tertiary/aromatic N) is 1. The molecular weight excluding hydrogens is 252 g/mol. The number of rotatable bonds is 5. The lowest BCUT2D eigenvalue weighted by Crippen LogP contribution is -2.36. The number of carbonyl (C=O) groups excluding carboxylic acids is 1. The van der Waals surface area contributed by atoms with Crippen LogP contribution in [0, 0.1) is 0 Å². The Morgan fingerprint density at radius 2 is 1.95 bits per heavy atom. The zero-order valence-corrected chi connectivity index (χ0v) is 12.0. The smallest absolute Gasteiger partial charge is 0.222 e. The van der Waals surface area contributed by atoms with Gasteiger partial charge in [-0.25, -0.2) is 0 Å². The topological polar surface area (TPSA) is 55.6 Å². The Morgan fingerprint density at radius 1 is 1.15 bits per heavy atom. The van der Waals surface area contributed by atoms with Crippen LogP contribution in [0.4, 0.5) is 0 Å². The number of amides is 1. The first kappa shape index (κ1) is 14.9. The Labute approximate surface area is 120 Å². The lowest BCUT2D eigenvalue weighted by Gasteiger charge is -2.25. The molecule has 1 aromatic carbocycles. The molecule has 0 spiro atoms. The first-order chi connectivity index (χ1) is 9.81. The minimum atomic E-state index is 0.264. The van der Waals surface area contributed by atoms with Gasteiger partial charge in [0, 0.05) is 25.1 Å². The maximum atomic E-state index is 12.0. The molecule has 0 bridgehead atoms. The molecule has 2 rings (SSSR count). The third-order valence-corrected chi connectivity index (χ3v) is 3.73. The van der Waals surface area contributed by atoms with Crippen molar-refractivity contribution in [2.24, 2.45) is 5.73 Å². The van der Waals surface area contributed by atoms with Gasteiger partial charge in [0.1, 0.15) is 12.4 Å². The second-order valence-corrected chi connectivity index (χ2v) is 5.21. The van der Waals surface area contributed by atoms with Gasteiger partial charge in [0.05, 0.1) is 6.54 Å². The number of likely N-dealkylation sites (tertiary alicyclic amines) is 1. The van der Waals surface area contributed by atoms with E-state index in [1.165, 1.54) is 12.8 Å². The van der Waals surface area contributed by atoms with Crippen molar-refractivity contribution in [3.8, 4) is 5.75 Å². The Balaban J connectivity index is 1.83. The zero-order chi connectivity index (χ0) is 14.2. The Morgan fingerprint density at radius 3 is 2.80 bits per heavy atom. The van der Waals surface area contributed by atoms with Crippen molar-refractivity contribution in [3.05, 3.63) is 29.8 Å². The molecule has 4 nitrogen and oxygen atoms in total. The van der Waals surface area contributed by atoms with E-state index in [0.717, 1.165) is 30.7 Å². The predicted molar refractivity (Wildman–Crippen MR) is 79.5 cm³/mol. The van der Waals surface area contributed by atoms with E-state index in [0.29, 0.717) is 26.1 Å². The van der Waals surface area contributed by atoms with Crippen LogP contribution in [-0.2, 0) is 11.3 Å². The highest BCUT2D eigenvalue weighted by Crippen LogP contribution is 2.17. The summed E-state index contributed by atoms with van der Waals surface area (Å²) in [5.41, 5.74) is 6.69. The highest BCUT2D eigenvalue weighted by Gasteiger charge is 2.15. The maximum Gasteiger partial charge on any atom is 0.222 e. The van der Waals surface area contributed by atoms with Crippen LogP contribution in [0.1, 0.15) is 37.7 Å². The predicted octanol–water partition coefficient (Wildman–Crippen LogP) is 2.32. The number of hydrogen-bond donors (Lipinski definition) is 1. The molecule has 0 saturated carbocycles. The monoisotopic (exact) mass is 276 g/mol. The van der Waals surface area contributed by atoms with E-state index in [-0.39, 0.29) is 5.91 Å². The fraction of sp³-hybridized carbons (Fsp3) is 0.562. The van der Waals surface area contributed by atoms with Crippen molar-refractivity contribution in [1.82, 2.24) is 4.90 Å². The first-order valence-corrected chi connectivity index (χ1v) is 7.50. The number of para-hydroxylation sites is 1.